The highest BCUT2D eigenvalue weighted by Gasteiger charge is 2.17. The number of rotatable bonds is 6. The summed E-state index contributed by atoms with van der Waals surface area (Å²) in [6.45, 7) is 8.78. The van der Waals surface area contributed by atoms with Crippen LogP contribution < -0.4 is 16.4 Å². The molecule has 3 heterocycles. The van der Waals surface area contributed by atoms with Crippen LogP contribution in [0, 0.1) is 6.92 Å². The molecule has 0 aliphatic carbocycles. The SMILES string of the molecule is C=C/C(=C\N)C(N)=CC=Nc1cc(N2CCOCC2)n2nc(-c3ccc(C)cc3)cc2c1. The number of nitrogens with two attached hydrogens (primary N) is 2. The fourth-order valence-electron chi connectivity index (χ4n) is 3.61. The molecule has 4 N–H and O–H groups in total. The second-order valence-corrected chi connectivity index (χ2v) is 7.63. The van der Waals surface area contributed by atoms with Crippen LogP contribution in [0.25, 0.3) is 16.8 Å². The molecular formula is C25H28N6O. The van der Waals surface area contributed by atoms with E-state index in [9.17, 15) is 0 Å². The summed E-state index contributed by atoms with van der Waals surface area (Å²) >= 11 is 0. The molecule has 1 aliphatic heterocycles. The maximum atomic E-state index is 6.03. The second kappa shape index (κ2) is 9.53. The number of nitrogens with zero attached hydrogens (tertiary/aromatic N) is 4. The monoisotopic (exact) mass is 428 g/mol. The molecule has 4 rings (SSSR count). The minimum Gasteiger partial charge on any atom is -0.404 e. The van der Waals surface area contributed by atoms with Crippen molar-refractivity contribution in [2.24, 2.45) is 16.5 Å². The van der Waals surface area contributed by atoms with Crippen LogP contribution in [0.4, 0.5) is 11.5 Å². The van der Waals surface area contributed by atoms with Crippen molar-refractivity contribution in [1.29, 1.82) is 0 Å². The van der Waals surface area contributed by atoms with Crippen molar-refractivity contribution in [1.82, 2.24) is 9.61 Å². The molecule has 0 radical (unpaired) electrons. The van der Waals surface area contributed by atoms with Gasteiger partial charge in [-0.3, -0.25) is 4.99 Å². The first-order valence-corrected chi connectivity index (χ1v) is 10.6. The first-order valence-electron chi connectivity index (χ1n) is 10.6. The normalized spacial score (nSPS) is 15.6. The predicted molar refractivity (Wildman–Crippen MR) is 131 cm³/mol. The number of ether oxygens (including phenoxy) is 1. The average Bonchev–Trinajstić information content (AvgIpc) is 3.24. The van der Waals surface area contributed by atoms with Gasteiger partial charge in [0.1, 0.15) is 5.82 Å². The van der Waals surface area contributed by atoms with Crippen LogP contribution in [0.15, 0.2) is 83.7 Å². The number of allylic oxidation sites excluding steroid dienone is 2. The molecule has 0 saturated carbocycles. The summed E-state index contributed by atoms with van der Waals surface area (Å²) in [6.07, 6.45) is 6.43. The van der Waals surface area contributed by atoms with E-state index < -0.39 is 0 Å². The Morgan fingerprint density at radius 3 is 2.59 bits per heavy atom. The Kier molecular flexibility index (Phi) is 6.37. The zero-order valence-electron chi connectivity index (χ0n) is 18.2. The number of morpholine rings is 1. The Morgan fingerprint density at radius 1 is 1.16 bits per heavy atom. The minimum atomic E-state index is 0.506. The van der Waals surface area contributed by atoms with Gasteiger partial charge < -0.3 is 21.1 Å². The third kappa shape index (κ3) is 4.58. The summed E-state index contributed by atoms with van der Waals surface area (Å²) in [5.41, 5.74) is 17.8. The van der Waals surface area contributed by atoms with Gasteiger partial charge in [-0.2, -0.15) is 5.10 Å². The summed E-state index contributed by atoms with van der Waals surface area (Å²) in [5.74, 6) is 0.988. The summed E-state index contributed by atoms with van der Waals surface area (Å²) in [5, 5.41) is 4.90. The number of hydrogen-bond acceptors (Lipinski definition) is 6. The van der Waals surface area contributed by atoms with Gasteiger partial charge in [-0.05, 0) is 25.1 Å². The Morgan fingerprint density at radius 2 is 1.91 bits per heavy atom. The maximum absolute atomic E-state index is 6.03. The van der Waals surface area contributed by atoms with Crippen LogP contribution in [-0.4, -0.2) is 42.1 Å². The number of aryl methyl sites for hydroxylation is 1. The third-order valence-corrected chi connectivity index (χ3v) is 5.42. The van der Waals surface area contributed by atoms with Crippen molar-refractivity contribution in [2.45, 2.75) is 6.92 Å². The molecule has 0 amide bonds. The topological polar surface area (TPSA) is 94.2 Å². The predicted octanol–water partition coefficient (Wildman–Crippen LogP) is 3.72. The van der Waals surface area contributed by atoms with E-state index in [1.54, 1.807) is 18.4 Å². The molecule has 1 aliphatic rings. The molecule has 0 spiro atoms. The molecule has 0 atom stereocenters. The van der Waals surface area contributed by atoms with Crippen molar-refractivity contribution in [3.63, 3.8) is 0 Å². The highest BCUT2D eigenvalue weighted by Crippen LogP contribution is 2.29. The highest BCUT2D eigenvalue weighted by molar-refractivity contribution is 5.79. The van der Waals surface area contributed by atoms with Gasteiger partial charge in [0.25, 0.3) is 0 Å². The summed E-state index contributed by atoms with van der Waals surface area (Å²) in [4.78, 5) is 6.89. The lowest BCUT2D eigenvalue weighted by Crippen LogP contribution is -2.37. The van der Waals surface area contributed by atoms with Gasteiger partial charge in [0.15, 0.2) is 0 Å². The van der Waals surface area contributed by atoms with E-state index in [0.29, 0.717) is 24.5 Å². The third-order valence-electron chi connectivity index (χ3n) is 5.42. The lowest BCUT2D eigenvalue weighted by atomic mass is 10.1. The molecule has 7 nitrogen and oxygen atoms in total. The standard InChI is InChI=1S/C25H28N6O/c1-3-19(17-26)23(27)8-9-28-21-14-22-16-24(20-6-4-18(2)5-7-20)29-31(22)25(15-21)30-10-12-32-13-11-30/h3-9,14-17H,1,10-13,26-27H2,2H3/b19-17+,23-8?,28-9?. The fraction of sp³-hybridized carbons (Fsp3) is 0.200. The van der Waals surface area contributed by atoms with Gasteiger partial charge in [-0.1, -0.05) is 42.5 Å². The Hall–Kier alpha value is -3.84. The van der Waals surface area contributed by atoms with Gasteiger partial charge in [0.2, 0.25) is 0 Å². The van der Waals surface area contributed by atoms with Gasteiger partial charge in [-0.15, -0.1) is 0 Å². The number of aliphatic imine (C=N–C) groups is 1. The van der Waals surface area contributed by atoms with Crippen LogP contribution >= 0.6 is 0 Å². The quantitative estimate of drug-likeness (QED) is 0.461. The number of hydrogen-bond donors (Lipinski definition) is 2. The van der Waals surface area contributed by atoms with Crippen LogP contribution in [0.5, 0.6) is 0 Å². The van der Waals surface area contributed by atoms with Gasteiger partial charge in [0.05, 0.1) is 30.1 Å². The van der Waals surface area contributed by atoms with E-state index in [-0.39, 0.29) is 0 Å². The summed E-state index contributed by atoms with van der Waals surface area (Å²) in [7, 11) is 0. The van der Waals surface area contributed by atoms with Crippen molar-refractivity contribution in [3.8, 4) is 11.3 Å². The first kappa shape index (κ1) is 21.4. The molecule has 3 aromatic rings. The smallest absolute Gasteiger partial charge is 0.133 e. The summed E-state index contributed by atoms with van der Waals surface area (Å²) in [6, 6.07) is 14.5. The van der Waals surface area contributed by atoms with Crippen molar-refractivity contribution in [3.05, 3.63) is 84.2 Å². The number of pyridine rings is 1. The molecule has 32 heavy (non-hydrogen) atoms. The average molecular weight is 429 g/mol. The van der Waals surface area contributed by atoms with Crippen molar-refractivity contribution in [2.75, 3.05) is 31.2 Å². The number of aromatic nitrogens is 2. The van der Waals surface area contributed by atoms with E-state index in [0.717, 1.165) is 41.4 Å². The molecule has 1 fully saturated rings. The zero-order chi connectivity index (χ0) is 22.5. The fourth-order valence-corrected chi connectivity index (χ4v) is 3.61. The van der Waals surface area contributed by atoms with Gasteiger partial charge in [0, 0.05) is 48.4 Å². The Bertz CT molecular complexity index is 1200. The molecule has 2 aromatic heterocycles. The lowest BCUT2D eigenvalue weighted by molar-refractivity contribution is 0.122. The molecule has 1 saturated heterocycles. The number of benzene rings is 1. The van der Waals surface area contributed by atoms with Crippen LogP contribution in [0.1, 0.15) is 5.56 Å². The van der Waals surface area contributed by atoms with E-state index in [1.807, 2.05) is 16.6 Å². The van der Waals surface area contributed by atoms with Crippen LogP contribution in [0.2, 0.25) is 0 Å². The van der Waals surface area contributed by atoms with Gasteiger partial charge >= 0.3 is 0 Å². The molecule has 0 unspecified atom stereocenters. The molecule has 1 aromatic carbocycles. The Labute approximate surface area is 188 Å². The van der Waals surface area contributed by atoms with E-state index in [4.69, 9.17) is 21.3 Å². The maximum Gasteiger partial charge on any atom is 0.133 e. The number of anilines is 1. The van der Waals surface area contributed by atoms with Gasteiger partial charge in [-0.25, -0.2) is 4.52 Å². The Balaban J connectivity index is 1.75. The molecule has 0 bridgehead atoms. The van der Waals surface area contributed by atoms with Crippen molar-refractivity contribution < 1.29 is 4.74 Å². The number of fused-ring (bicyclic) bond motifs is 1. The molecule has 7 heteroatoms. The minimum absolute atomic E-state index is 0.506. The lowest BCUT2D eigenvalue weighted by Gasteiger charge is -2.29. The molecule has 164 valence electrons. The van der Waals surface area contributed by atoms with E-state index in [2.05, 4.69) is 53.7 Å². The van der Waals surface area contributed by atoms with E-state index >= 15 is 0 Å². The second-order valence-electron chi connectivity index (χ2n) is 7.63. The van der Waals surface area contributed by atoms with Crippen LogP contribution in [0.3, 0.4) is 0 Å². The largest absolute Gasteiger partial charge is 0.404 e. The highest BCUT2D eigenvalue weighted by atomic mass is 16.5. The zero-order valence-corrected chi connectivity index (χ0v) is 18.2. The summed E-state index contributed by atoms with van der Waals surface area (Å²) < 4.78 is 7.52. The van der Waals surface area contributed by atoms with Crippen molar-refractivity contribution >= 4 is 23.2 Å². The van der Waals surface area contributed by atoms with E-state index in [1.165, 1.54) is 11.8 Å². The van der Waals surface area contributed by atoms with Crippen LogP contribution in [-0.2, 0) is 4.74 Å². The first-order chi connectivity index (χ1) is 15.6. The molecular weight excluding hydrogens is 400 g/mol.